The normalized spacial score (nSPS) is 25.5. The Balaban J connectivity index is 1.77. The Morgan fingerprint density at radius 1 is 0.938 bits per heavy atom. The Bertz CT molecular complexity index is 1220. The Hall–Kier alpha value is -3.64. The number of aromatic hydroxyl groups is 2. The summed E-state index contributed by atoms with van der Waals surface area (Å²) < 4.78 is 16.0. The van der Waals surface area contributed by atoms with E-state index in [1.807, 2.05) is 0 Å². The second-order valence-corrected chi connectivity index (χ2v) is 7.14. The number of rotatable bonds is 4. The molecule has 1 aliphatic heterocycles. The first-order valence-electron chi connectivity index (χ1n) is 9.36. The number of ether oxygens (including phenoxy) is 2. The zero-order valence-corrected chi connectivity index (χ0v) is 16.2. The molecule has 0 saturated carbocycles. The molecule has 32 heavy (non-hydrogen) atoms. The van der Waals surface area contributed by atoms with E-state index in [4.69, 9.17) is 19.0 Å². The van der Waals surface area contributed by atoms with Crippen LogP contribution in [0.1, 0.15) is 0 Å². The Labute approximate surface area is 178 Å². The Morgan fingerprint density at radius 2 is 1.62 bits per heavy atom. The van der Waals surface area contributed by atoms with Crippen LogP contribution in [-0.4, -0.2) is 67.3 Å². The zero-order chi connectivity index (χ0) is 23.2. The van der Waals surface area contributed by atoms with E-state index in [1.54, 1.807) is 30.3 Å². The van der Waals surface area contributed by atoms with Crippen LogP contribution in [0.15, 0.2) is 51.7 Å². The van der Waals surface area contributed by atoms with Gasteiger partial charge in [0, 0.05) is 17.7 Å². The molecule has 168 valence electrons. The number of carboxylic acid groups (broad SMARTS) is 1. The van der Waals surface area contributed by atoms with E-state index in [9.17, 15) is 35.1 Å². The number of benzene rings is 2. The number of hydrogen-bond acceptors (Lipinski definition) is 10. The number of aliphatic carboxylic acids is 1. The molecule has 11 nitrogen and oxygen atoms in total. The van der Waals surface area contributed by atoms with Gasteiger partial charge in [0.2, 0.25) is 12.0 Å². The van der Waals surface area contributed by atoms with Gasteiger partial charge in [0.15, 0.2) is 23.0 Å². The summed E-state index contributed by atoms with van der Waals surface area (Å²) in [6, 6.07) is 10.8. The fraction of sp³-hybridized carbons (Fsp3) is 0.238. The number of carbonyl (C=O) groups is 1. The number of aliphatic hydroxyl groups is 3. The van der Waals surface area contributed by atoms with Gasteiger partial charge in [-0.2, -0.15) is 0 Å². The summed E-state index contributed by atoms with van der Waals surface area (Å²) in [5.74, 6) is -3.76. The summed E-state index contributed by atoms with van der Waals surface area (Å²) in [6.45, 7) is 0. The van der Waals surface area contributed by atoms with E-state index in [-0.39, 0.29) is 16.7 Å². The van der Waals surface area contributed by atoms with Gasteiger partial charge in [0.05, 0.1) is 0 Å². The lowest BCUT2D eigenvalue weighted by molar-refractivity contribution is -0.271. The molecule has 0 radical (unpaired) electrons. The van der Waals surface area contributed by atoms with Gasteiger partial charge in [-0.15, -0.1) is 0 Å². The molecule has 0 spiro atoms. The lowest BCUT2D eigenvalue weighted by Gasteiger charge is -2.38. The largest absolute Gasteiger partial charge is 0.504 e. The van der Waals surface area contributed by atoms with Crippen molar-refractivity contribution in [2.24, 2.45) is 0 Å². The molecule has 0 bridgehead atoms. The number of fused-ring (bicyclic) bond motifs is 1. The predicted molar refractivity (Wildman–Crippen MR) is 106 cm³/mol. The summed E-state index contributed by atoms with van der Waals surface area (Å²) in [7, 11) is 0. The van der Waals surface area contributed by atoms with Crippen LogP contribution >= 0.6 is 0 Å². The highest BCUT2D eigenvalue weighted by atomic mass is 16.7. The number of phenols is 2. The monoisotopic (exact) mass is 446 g/mol. The molecule has 0 unspecified atom stereocenters. The van der Waals surface area contributed by atoms with Crippen LogP contribution in [0.25, 0.3) is 22.3 Å². The highest BCUT2D eigenvalue weighted by molar-refractivity contribution is 5.89. The van der Waals surface area contributed by atoms with Gasteiger partial charge in [-0.1, -0.05) is 30.3 Å². The molecule has 2 aromatic carbocycles. The van der Waals surface area contributed by atoms with E-state index in [0.717, 1.165) is 12.1 Å². The van der Waals surface area contributed by atoms with Crippen molar-refractivity contribution in [1.82, 2.24) is 0 Å². The topological polar surface area (TPSA) is 187 Å². The van der Waals surface area contributed by atoms with E-state index in [2.05, 4.69) is 0 Å². The van der Waals surface area contributed by atoms with Crippen molar-refractivity contribution in [1.29, 1.82) is 0 Å². The minimum Gasteiger partial charge on any atom is -0.504 e. The minimum atomic E-state index is -1.94. The van der Waals surface area contributed by atoms with Crippen molar-refractivity contribution < 1.29 is 49.3 Å². The summed E-state index contributed by atoms with van der Waals surface area (Å²) in [6.07, 6.45) is -9.56. The summed E-state index contributed by atoms with van der Waals surface area (Å²) >= 11 is 0. The van der Waals surface area contributed by atoms with Crippen molar-refractivity contribution in [3.63, 3.8) is 0 Å². The van der Waals surface area contributed by atoms with Crippen molar-refractivity contribution >= 4 is 16.9 Å². The lowest BCUT2D eigenvalue weighted by atomic mass is 9.99. The van der Waals surface area contributed by atoms with Gasteiger partial charge in [-0.3, -0.25) is 4.79 Å². The fourth-order valence-electron chi connectivity index (χ4n) is 3.38. The number of aliphatic hydroxyl groups excluding tert-OH is 3. The smallest absolute Gasteiger partial charge is 0.335 e. The first-order valence-corrected chi connectivity index (χ1v) is 9.36. The van der Waals surface area contributed by atoms with Crippen LogP contribution < -0.4 is 10.2 Å². The first kappa shape index (κ1) is 21.6. The average Bonchev–Trinajstić information content (AvgIpc) is 2.77. The maximum absolute atomic E-state index is 12.5. The van der Waals surface area contributed by atoms with Crippen molar-refractivity contribution in [2.75, 3.05) is 0 Å². The van der Waals surface area contributed by atoms with Crippen LogP contribution in [0.2, 0.25) is 0 Å². The average molecular weight is 446 g/mol. The van der Waals surface area contributed by atoms with E-state index >= 15 is 0 Å². The molecule has 5 atom stereocenters. The quantitative estimate of drug-likeness (QED) is 0.299. The van der Waals surface area contributed by atoms with Gasteiger partial charge in [0.1, 0.15) is 35.0 Å². The highest BCUT2D eigenvalue weighted by Gasteiger charge is 2.48. The lowest BCUT2D eigenvalue weighted by Crippen LogP contribution is -2.61. The number of phenolic OH excluding ortho intramolecular Hbond substituents is 2. The SMILES string of the molecule is O=C(O)[C@H]1O[C@H](Oc2cc3oc(-c4ccccc4)cc(=O)c3c(O)c2O)[C@@H](O)[C@@H](O)[C@@H]1O. The third kappa shape index (κ3) is 3.63. The minimum absolute atomic E-state index is 0.164. The maximum atomic E-state index is 12.5. The maximum Gasteiger partial charge on any atom is 0.335 e. The van der Waals surface area contributed by atoms with Crippen LogP contribution in [0.5, 0.6) is 17.2 Å². The summed E-state index contributed by atoms with van der Waals surface area (Å²) in [4.78, 5) is 23.8. The Morgan fingerprint density at radius 3 is 2.28 bits per heavy atom. The predicted octanol–water partition coefficient (Wildman–Crippen LogP) is 0.142. The van der Waals surface area contributed by atoms with Gasteiger partial charge in [-0.05, 0) is 0 Å². The van der Waals surface area contributed by atoms with E-state index < -0.39 is 59.4 Å². The first-order chi connectivity index (χ1) is 15.2. The van der Waals surface area contributed by atoms with Crippen LogP contribution in [0, 0.1) is 0 Å². The molecule has 2 heterocycles. The van der Waals surface area contributed by atoms with Crippen molar-refractivity contribution in [3.8, 4) is 28.6 Å². The third-order valence-corrected chi connectivity index (χ3v) is 5.05. The second kappa shape index (κ2) is 8.13. The van der Waals surface area contributed by atoms with Gasteiger partial charge in [0.25, 0.3) is 0 Å². The number of hydrogen-bond donors (Lipinski definition) is 6. The Kier molecular flexibility index (Phi) is 5.48. The third-order valence-electron chi connectivity index (χ3n) is 5.05. The molecule has 11 heteroatoms. The molecule has 3 aromatic rings. The van der Waals surface area contributed by atoms with Gasteiger partial charge < -0.3 is 44.5 Å². The van der Waals surface area contributed by atoms with Crippen molar-refractivity contribution in [3.05, 3.63) is 52.7 Å². The van der Waals surface area contributed by atoms with Crippen LogP contribution in [0.3, 0.4) is 0 Å². The van der Waals surface area contributed by atoms with E-state index in [1.165, 1.54) is 0 Å². The standard InChI is InChI=1S/C21H18O11/c22-9-6-10(8-4-2-1-3-5-8)30-11-7-12(14(23)15(24)13(9)11)31-21-18(27)16(25)17(26)19(32-21)20(28)29/h1-7,16-19,21,23-27H,(H,28,29)/t16-,17-,18-,19-,21-/m0/s1. The summed E-state index contributed by atoms with van der Waals surface area (Å²) in [5, 5.41) is 59.2. The summed E-state index contributed by atoms with van der Waals surface area (Å²) in [5.41, 5.74) is -0.265. The molecular weight excluding hydrogens is 428 g/mol. The molecule has 6 N–H and O–H groups in total. The molecule has 1 saturated heterocycles. The molecule has 4 rings (SSSR count). The molecule has 1 aliphatic rings. The van der Waals surface area contributed by atoms with Gasteiger partial charge >= 0.3 is 5.97 Å². The fourth-order valence-corrected chi connectivity index (χ4v) is 3.38. The molecular formula is C21H18O11. The highest BCUT2D eigenvalue weighted by Crippen LogP contribution is 2.42. The van der Waals surface area contributed by atoms with Crippen molar-refractivity contribution in [2.45, 2.75) is 30.7 Å². The molecule has 1 aromatic heterocycles. The second-order valence-electron chi connectivity index (χ2n) is 7.14. The van der Waals surface area contributed by atoms with Crippen LogP contribution in [-0.2, 0) is 9.53 Å². The molecule has 0 amide bonds. The molecule has 1 fully saturated rings. The van der Waals surface area contributed by atoms with E-state index in [0.29, 0.717) is 5.56 Å². The zero-order valence-electron chi connectivity index (χ0n) is 16.2. The van der Waals surface area contributed by atoms with Gasteiger partial charge in [-0.25, -0.2) is 4.79 Å². The van der Waals surface area contributed by atoms with Crippen LogP contribution in [0.4, 0.5) is 0 Å². The number of carboxylic acids is 1. The molecule has 0 aliphatic carbocycles.